The second-order valence-corrected chi connectivity index (χ2v) is 5.03. The predicted molar refractivity (Wildman–Crippen MR) is 73.1 cm³/mol. The van der Waals surface area contributed by atoms with E-state index in [4.69, 9.17) is 4.74 Å². The summed E-state index contributed by atoms with van der Waals surface area (Å²) < 4.78 is 5.57. The second-order valence-electron chi connectivity index (χ2n) is 5.03. The molecule has 4 nitrogen and oxygen atoms in total. The summed E-state index contributed by atoms with van der Waals surface area (Å²) in [7, 11) is 0. The van der Waals surface area contributed by atoms with Gasteiger partial charge in [0.05, 0.1) is 19.1 Å². The molecule has 1 heterocycles. The molecule has 1 amide bonds. The largest absolute Gasteiger partial charge is 0.493 e. The molecule has 1 aliphatic rings. The van der Waals surface area contributed by atoms with Crippen molar-refractivity contribution in [2.45, 2.75) is 32.3 Å². The molecular weight excluding hydrogens is 242 g/mol. The number of hydrogen-bond donors (Lipinski definition) is 1. The van der Waals surface area contributed by atoms with Gasteiger partial charge in [0, 0.05) is 13.1 Å². The van der Waals surface area contributed by atoms with Crippen LogP contribution in [0.25, 0.3) is 0 Å². The van der Waals surface area contributed by atoms with Gasteiger partial charge in [0.2, 0.25) is 5.91 Å². The zero-order valence-corrected chi connectivity index (χ0v) is 11.3. The summed E-state index contributed by atoms with van der Waals surface area (Å²) in [5.74, 6) is 0.918. The van der Waals surface area contributed by atoms with Crippen LogP contribution >= 0.6 is 0 Å². The van der Waals surface area contributed by atoms with Crippen molar-refractivity contribution < 1.29 is 14.6 Å². The van der Waals surface area contributed by atoms with Crippen molar-refractivity contribution in [3.05, 3.63) is 29.8 Å². The van der Waals surface area contributed by atoms with Crippen molar-refractivity contribution in [3.63, 3.8) is 0 Å². The maximum Gasteiger partial charge on any atom is 0.226 e. The van der Waals surface area contributed by atoms with E-state index in [1.807, 2.05) is 36.1 Å². The molecular formula is C15H21NO3. The van der Waals surface area contributed by atoms with E-state index in [2.05, 4.69) is 0 Å². The van der Waals surface area contributed by atoms with Gasteiger partial charge in [-0.3, -0.25) is 4.79 Å². The first kappa shape index (κ1) is 13.9. The van der Waals surface area contributed by atoms with Crippen molar-refractivity contribution in [2.75, 3.05) is 19.7 Å². The first-order valence-electron chi connectivity index (χ1n) is 6.80. The van der Waals surface area contributed by atoms with E-state index < -0.39 is 0 Å². The lowest BCUT2D eigenvalue weighted by Gasteiger charge is -2.29. The highest BCUT2D eigenvalue weighted by Crippen LogP contribution is 2.14. The molecule has 0 unspecified atom stereocenters. The topological polar surface area (TPSA) is 49.8 Å². The molecule has 0 atom stereocenters. The third kappa shape index (κ3) is 4.24. The quantitative estimate of drug-likeness (QED) is 0.900. The molecule has 19 heavy (non-hydrogen) atoms. The number of aliphatic hydroxyl groups is 1. The number of nitrogens with zero attached hydrogens (tertiary/aromatic N) is 1. The monoisotopic (exact) mass is 263 g/mol. The van der Waals surface area contributed by atoms with Gasteiger partial charge in [-0.25, -0.2) is 0 Å². The molecule has 0 aromatic heterocycles. The van der Waals surface area contributed by atoms with E-state index in [9.17, 15) is 9.90 Å². The van der Waals surface area contributed by atoms with Gasteiger partial charge in [-0.1, -0.05) is 12.1 Å². The summed E-state index contributed by atoms with van der Waals surface area (Å²) in [6.07, 6.45) is 1.52. The van der Waals surface area contributed by atoms with E-state index in [0.29, 0.717) is 39.0 Å². The Labute approximate surface area is 114 Å². The van der Waals surface area contributed by atoms with Crippen LogP contribution < -0.4 is 4.74 Å². The summed E-state index contributed by atoms with van der Waals surface area (Å²) in [6, 6.07) is 7.81. The van der Waals surface area contributed by atoms with Crippen molar-refractivity contribution in [2.24, 2.45) is 0 Å². The lowest BCUT2D eigenvalue weighted by molar-refractivity contribution is -0.133. The van der Waals surface area contributed by atoms with E-state index in [1.165, 1.54) is 0 Å². The predicted octanol–water partition coefficient (Wildman–Crippen LogP) is 1.75. The third-order valence-corrected chi connectivity index (χ3v) is 3.39. The number of piperidine rings is 1. The molecule has 104 valence electrons. The van der Waals surface area contributed by atoms with Crippen LogP contribution in [-0.4, -0.2) is 41.7 Å². The average Bonchev–Trinajstić information content (AvgIpc) is 2.39. The standard InChI is InChI=1S/C15H21NO3/c1-12-3-2-4-14(11-12)19-10-7-15(18)16-8-5-13(17)6-9-16/h2-4,11,13,17H,5-10H2,1H3. The highest BCUT2D eigenvalue weighted by atomic mass is 16.5. The minimum absolute atomic E-state index is 0.111. The fraction of sp³-hybridized carbons (Fsp3) is 0.533. The zero-order chi connectivity index (χ0) is 13.7. The van der Waals surface area contributed by atoms with Crippen LogP contribution in [0.4, 0.5) is 0 Å². The van der Waals surface area contributed by atoms with E-state index in [0.717, 1.165) is 11.3 Å². The van der Waals surface area contributed by atoms with Crippen molar-refractivity contribution in [1.82, 2.24) is 4.90 Å². The number of aliphatic hydroxyl groups excluding tert-OH is 1. The number of carbonyl (C=O) groups is 1. The van der Waals surface area contributed by atoms with Crippen molar-refractivity contribution in [1.29, 1.82) is 0 Å². The molecule has 0 aliphatic carbocycles. The van der Waals surface area contributed by atoms with Gasteiger partial charge in [-0.2, -0.15) is 0 Å². The Kier molecular flexibility index (Phi) is 4.80. The summed E-state index contributed by atoms with van der Waals surface area (Å²) in [4.78, 5) is 13.7. The molecule has 1 aromatic carbocycles. The van der Waals surface area contributed by atoms with E-state index >= 15 is 0 Å². The fourth-order valence-corrected chi connectivity index (χ4v) is 2.23. The first-order chi connectivity index (χ1) is 9.15. The van der Waals surface area contributed by atoms with Crippen LogP contribution in [0.2, 0.25) is 0 Å². The third-order valence-electron chi connectivity index (χ3n) is 3.39. The molecule has 1 fully saturated rings. The number of benzene rings is 1. The molecule has 4 heteroatoms. The van der Waals surface area contributed by atoms with Gasteiger partial charge in [0.15, 0.2) is 0 Å². The maximum atomic E-state index is 11.9. The van der Waals surface area contributed by atoms with Crippen molar-refractivity contribution >= 4 is 5.91 Å². The molecule has 1 saturated heterocycles. The fourth-order valence-electron chi connectivity index (χ4n) is 2.23. The first-order valence-corrected chi connectivity index (χ1v) is 6.80. The van der Waals surface area contributed by atoms with Gasteiger partial charge in [-0.05, 0) is 37.5 Å². The van der Waals surface area contributed by atoms with Crippen LogP contribution in [-0.2, 0) is 4.79 Å². The Morgan fingerprint density at radius 1 is 1.42 bits per heavy atom. The minimum atomic E-state index is -0.243. The smallest absolute Gasteiger partial charge is 0.226 e. The van der Waals surface area contributed by atoms with Gasteiger partial charge in [0.25, 0.3) is 0 Å². The number of amides is 1. The average molecular weight is 263 g/mol. The molecule has 1 aromatic rings. The van der Waals surface area contributed by atoms with Crippen LogP contribution in [0.3, 0.4) is 0 Å². The Hall–Kier alpha value is -1.55. The highest BCUT2D eigenvalue weighted by Gasteiger charge is 2.20. The number of hydrogen-bond acceptors (Lipinski definition) is 3. The van der Waals surface area contributed by atoms with Crippen LogP contribution in [0.1, 0.15) is 24.8 Å². The molecule has 1 N–H and O–H groups in total. The SMILES string of the molecule is Cc1cccc(OCCC(=O)N2CCC(O)CC2)c1. The molecule has 2 rings (SSSR count). The number of rotatable bonds is 4. The number of likely N-dealkylation sites (tertiary alicyclic amines) is 1. The zero-order valence-electron chi connectivity index (χ0n) is 11.3. The summed E-state index contributed by atoms with van der Waals surface area (Å²) >= 11 is 0. The summed E-state index contributed by atoms with van der Waals surface area (Å²) in [6.45, 7) is 3.73. The molecule has 0 saturated carbocycles. The second kappa shape index (κ2) is 6.57. The van der Waals surface area contributed by atoms with E-state index in [1.54, 1.807) is 0 Å². The number of ether oxygens (including phenoxy) is 1. The number of aryl methyl sites for hydroxylation is 1. The number of carbonyl (C=O) groups excluding carboxylic acids is 1. The van der Waals surface area contributed by atoms with Gasteiger partial charge in [0.1, 0.15) is 5.75 Å². The molecule has 0 bridgehead atoms. The Balaban J connectivity index is 1.72. The highest BCUT2D eigenvalue weighted by molar-refractivity contribution is 5.76. The van der Waals surface area contributed by atoms with Crippen LogP contribution in [0, 0.1) is 6.92 Å². The van der Waals surface area contributed by atoms with E-state index in [-0.39, 0.29) is 12.0 Å². The van der Waals surface area contributed by atoms with Gasteiger partial charge >= 0.3 is 0 Å². The van der Waals surface area contributed by atoms with Crippen LogP contribution in [0.5, 0.6) is 5.75 Å². The summed E-state index contributed by atoms with van der Waals surface area (Å²) in [5.41, 5.74) is 1.15. The van der Waals surface area contributed by atoms with Crippen molar-refractivity contribution in [3.8, 4) is 5.75 Å². The van der Waals surface area contributed by atoms with Gasteiger partial charge < -0.3 is 14.7 Å². The lowest BCUT2D eigenvalue weighted by Crippen LogP contribution is -2.40. The minimum Gasteiger partial charge on any atom is -0.493 e. The molecule has 0 radical (unpaired) electrons. The lowest BCUT2D eigenvalue weighted by atomic mass is 10.1. The Bertz CT molecular complexity index is 425. The normalized spacial score (nSPS) is 16.4. The Morgan fingerprint density at radius 3 is 2.84 bits per heavy atom. The summed E-state index contributed by atoms with van der Waals surface area (Å²) in [5, 5.41) is 9.40. The molecule has 0 spiro atoms. The Morgan fingerprint density at radius 2 is 2.16 bits per heavy atom. The maximum absolute atomic E-state index is 11.9. The molecule has 1 aliphatic heterocycles. The van der Waals surface area contributed by atoms with Gasteiger partial charge in [-0.15, -0.1) is 0 Å². The van der Waals surface area contributed by atoms with Crippen LogP contribution in [0.15, 0.2) is 24.3 Å².